The van der Waals surface area contributed by atoms with Gasteiger partial charge >= 0.3 is 0 Å². The Balaban J connectivity index is 0.00000338. The third-order valence-electron chi connectivity index (χ3n) is 3.56. The average molecular weight is 471 g/mol. The number of halogens is 1. The zero-order chi connectivity index (χ0) is 17.9. The molecule has 0 aliphatic carbocycles. The molecule has 0 aromatic heterocycles. The molecule has 7 heteroatoms. The Morgan fingerprint density at radius 3 is 2.38 bits per heavy atom. The zero-order valence-electron chi connectivity index (χ0n) is 15.3. The van der Waals surface area contributed by atoms with Crippen LogP contribution in [0.4, 0.5) is 0 Å². The van der Waals surface area contributed by atoms with E-state index in [2.05, 4.69) is 15.6 Å². The van der Waals surface area contributed by atoms with Crippen LogP contribution in [0.15, 0.2) is 53.5 Å². The Kier molecular flexibility index (Phi) is 10.3. The predicted octanol–water partition coefficient (Wildman–Crippen LogP) is 3.07. The summed E-state index contributed by atoms with van der Waals surface area (Å²) >= 11 is 0. The number of benzene rings is 2. The molecule has 0 atom stereocenters. The molecule has 2 aromatic rings. The molecule has 2 N–H and O–H groups in total. The number of nitrogens with zero attached hydrogens (tertiary/aromatic N) is 1. The van der Waals surface area contributed by atoms with Gasteiger partial charge in [-0.05, 0) is 18.2 Å². The second kappa shape index (κ2) is 12.2. The van der Waals surface area contributed by atoms with Gasteiger partial charge in [0.15, 0.2) is 17.5 Å². The fraction of sp³-hybridized carbons (Fsp3) is 0.316. The largest absolute Gasteiger partial charge is 0.493 e. The average Bonchev–Trinajstić information content (AvgIpc) is 2.67. The van der Waals surface area contributed by atoms with E-state index in [-0.39, 0.29) is 24.0 Å². The van der Waals surface area contributed by atoms with Gasteiger partial charge < -0.3 is 24.8 Å². The lowest BCUT2D eigenvalue weighted by molar-refractivity contribution is 0.322. The van der Waals surface area contributed by atoms with Crippen molar-refractivity contribution in [1.82, 2.24) is 10.6 Å². The quantitative estimate of drug-likeness (QED) is 0.268. The summed E-state index contributed by atoms with van der Waals surface area (Å²) < 4.78 is 16.4. The standard InChI is InChI=1S/C19H25N3O3.HI/c1-20-19(21-12-13-25-16-9-5-4-6-10-16)22-14-15-8-7-11-17(23-2)18(15)24-3;/h4-11H,12-14H2,1-3H3,(H2,20,21,22);1H. The smallest absolute Gasteiger partial charge is 0.191 e. The minimum atomic E-state index is 0. The van der Waals surface area contributed by atoms with E-state index in [1.165, 1.54) is 0 Å². The van der Waals surface area contributed by atoms with Gasteiger partial charge in [0, 0.05) is 19.2 Å². The lowest BCUT2D eigenvalue weighted by atomic mass is 10.2. The topological polar surface area (TPSA) is 64.1 Å². The Morgan fingerprint density at radius 1 is 0.962 bits per heavy atom. The van der Waals surface area contributed by atoms with Gasteiger partial charge in [-0.15, -0.1) is 24.0 Å². The number of hydrogen-bond donors (Lipinski definition) is 2. The van der Waals surface area contributed by atoms with E-state index >= 15 is 0 Å². The van der Waals surface area contributed by atoms with Gasteiger partial charge in [0.25, 0.3) is 0 Å². The molecule has 142 valence electrons. The molecule has 0 saturated carbocycles. The third-order valence-corrected chi connectivity index (χ3v) is 3.56. The van der Waals surface area contributed by atoms with E-state index in [1.54, 1.807) is 21.3 Å². The first-order valence-electron chi connectivity index (χ1n) is 8.10. The van der Waals surface area contributed by atoms with Crippen LogP contribution < -0.4 is 24.8 Å². The summed E-state index contributed by atoms with van der Waals surface area (Å²) in [6.07, 6.45) is 0. The van der Waals surface area contributed by atoms with Crippen molar-refractivity contribution in [1.29, 1.82) is 0 Å². The van der Waals surface area contributed by atoms with E-state index in [0.717, 1.165) is 17.1 Å². The number of aliphatic imine (C=N–C) groups is 1. The second-order valence-corrected chi connectivity index (χ2v) is 5.17. The predicted molar refractivity (Wildman–Crippen MR) is 115 cm³/mol. The van der Waals surface area contributed by atoms with Gasteiger partial charge in [0.2, 0.25) is 0 Å². The monoisotopic (exact) mass is 471 g/mol. The van der Waals surface area contributed by atoms with Gasteiger partial charge in [-0.1, -0.05) is 30.3 Å². The molecule has 0 radical (unpaired) electrons. The zero-order valence-corrected chi connectivity index (χ0v) is 17.7. The van der Waals surface area contributed by atoms with Gasteiger partial charge in [0.1, 0.15) is 12.4 Å². The molecule has 2 aromatic carbocycles. The van der Waals surface area contributed by atoms with E-state index < -0.39 is 0 Å². The molecular formula is C19H26IN3O3. The van der Waals surface area contributed by atoms with E-state index in [1.807, 2.05) is 48.5 Å². The van der Waals surface area contributed by atoms with Gasteiger partial charge in [0.05, 0.1) is 20.8 Å². The first-order chi connectivity index (χ1) is 12.3. The molecule has 0 aliphatic heterocycles. The van der Waals surface area contributed by atoms with Crippen molar-refractivity contribution in [3.05, 3.63) is 54.1 Å². The van der Waals surface area contributed by atoms with Crippen LogP contribution in [-0.4, -0.2) is 40.4 Å². The second-order valence-electron chi connectivity index (χ2n) is 5.17. The SMILES string of the molecule is CN=C(NCCOc1ccccc1)NCc1cccc(OC)c1OC.I. The number of guanidine groups is 1. The maximum absolute atomic E-state index is 5.65. The first-order valence-corrected chi connectivity index (χ1v) is 8.10. The maximum Gasteiger partial charge on any atom is 0.191 e. The molecular weight excluding hydrogens is 445 g/mol. The Hall–Kier alpha value is -2.16. The molecule has 2 rings (SSSR count). The minimum Gasteiger partial charge on any atom is -0.493 e. The van der Waals surface area contributed by atoms with Crippen molar-refractivity contribution in [3.8, 4) is 17.2 Å². The van der Waals surface area contributed by atoms with E-state index in [0.29, 0.717) is 31.4 Å². The highest BCUT2D eigenvalue weighted by atomic mass is 127. The molecule has 0 heterocycles. The summed E-state index contributed by atoms with van der Waals surface area (Å²) in [5, 5.41) is 6.48. The minimum absolute atomic E-state index is 0. The maximum atomic E-state index is 5.65. The molecule has 0 spiro atoms. The summed E-state index contributed by atoms with van der Waals surface area (Å²) in [5.74, 6) is 2.98. The van der Waals surface area contributed by atoms with Crippen LogP contribution >= 0.6 is 24.0 Å². The van der Waals surface area contributed by atoms with Crippen molar-refractivity contribution >= 4 is 29.9 Å². The Labute approximate surface area is 172 Å². The number of rotatable bonds is 8. The summed E-state index contributed by atoms with van der Waals surface area (Å²) in [6, 6.07) is 15.5. The van der Waals surface area contributed by atoms with Crippen LogP contribution in [0.2, 0.25) is 0 Å². The highest BCUT2D eigenvalue weighted by molar-refractivity contribution is 14.0. The van der Waals surface area contributed by atoms with Crippen molar-refractivity contribution in [2.75, 3.05) is 34.4 Å². The lowest BCUT2D eigenvalue weighted by Gasteiger charge is -2.15. The van der Waals surface area contributed by atoms with Crippen LogP contribution in [0.25, 0.3) is 0 Å². The number of methoxy groups -OCH3 is 2. The molecule has 0 bridgehead atoms. The molecule has 6 nitrogen and oxygen atoms in total. The molecule has 0 unspecified atom stereocenters. The van der Waals surface area contributed by atoms with E-state index in [9.17, 15) is 0 Å². The first kappa shape index (κ1) is 21.9. The fourth-order valence-corrected chi connectivity index (χ4v) is 2.35. The molecule has 0 saturated heterocycles. The molecule has 0 fully saturated rings. The van der Waals surface area contributed by atoms with Crippen LogP contribution in [0.5, 0.6) is 17.2 Å². The lowest BCUT2D eigenvalue weighted by Crippen LogP contribution is -2.38. The van der Waals surface area contributed by atoms with E-state index in [4.69, 9.17) is 14.2 Å². The van der Waals surface area contributed by atoms with Crippen LogP contribution in [0.3, 0.4) is 0 Å². The third kappa shape index (κ3) is 6.62. The van der Waals surface area contributed by atoms with Crippen molar-refractivity contribution in [3.63, 3.8) is 0 Å². The highest BCUT2D eigenvalue weighted by Crippen LogP contribution is 2.30. The van der Waals surface area contributed by atoms with Crippen LogP contribution in [-0.2, 0) is 6.54 Å². The summed E-state index contributed by atoms with van der Waals surface area (Å²) in [5.41, 5.74) is 0.991. The van der Waals surface area contributed by atoms with Crippen LogP contribution in [0, 0.1) is 0 Å². The van der Waals surface area contributed by atoms with Gasteiger partial charge in [-0.2, -0.15) is 0 Å². The fourth-order valence-electron chi connectivity index (χ4n) is 2.35. The van der Waals surface area contributed by atoms with Crippen LogP contribution in [0.1, 0.15) is 5.56 Å². The highest BCUT2D eigenvalue weighted by Gasteiger charge is 2.09. The van der Waals surface area contributed by atoms with Gasteiger partial charge in [-0.25, -0.2) is 0 Å². The number of hydrogen-bond acceptors (Lipinski definition) is 4. The Morgan fingerprint density at radius 2 is 1.73 bits per heavy atom. The normalized spacial score (nSPS) is 10.5. The summed E-state index contributed by atoms with van der Waals surface area (Å²) in [4.78, 5) is 4.21. The number of nitrogens with one attached hydrogen (secondary N) is 2. The molecule has 26 heavy (non-hydrogen) atoms. The van der Waals surface area contributed by atoms with Crippen molar-refractivity contribution < 1.29 is 14.2 Å². The Bertz CT molecular complexity index is 681. The number of para-hydroxylation sites is 2. The van der Waals surface area contributed by atoms with Crippen molar-refractivity contribution in [2.45, 2.75) is 6.54 Å². The molecule has 0 aliphatic rings. The molecule has 0 amide bonds. The van der Waals surface area contributed by atoms with Gasteiger partial charge in [-0.3, -0.25) is 4.99 Å². The van der Waals surface area contributed by atoms with Crippen molar-refractivity contribution in [2.24, 2.45) is 4.99 Å². The summed E-state index contributed by atoms with van der Waals surface area (Å²) in [6.45, 7) is 1.76. The summed E-state index contributed by atoms with van der Waals surface area (Å²) in [7, 11) is 4.99. The number of ether oxygens (including phenoxy) is 3.